The Balaban J connectivity index is 1.24. The molecule has 0 fully saturated rings. The number of pyridine rings is 1. The smallest absolute Gasteiger partial charge is 0.238 e. The van der Waals surface area contributed by atoms with Crippen molar-refractivity contribution in [1.29, 1.82) is 0 Å². The molecule has 0 atom stereocenters. The molecule has 5 nitrogen and oxygen atoms in total. The summed E-state index contributed by atoms with van der Waals surface area (Å²) < 4.78 is 2.24. The van der Waals surface area contributed by atoms with Crippen molar-refractivity contribution < 1.29 is 0 Å². The number of benzene rings is 7. The third kappa shape index (κ3) is 4.51. The molecule has 10 aromatic rings. The quantitative estimate of drug-likeness (QED) is 0.172. The molecule has 0 radical (unpaired) electrons. The van der Waals surface area contributed by atoms with E-state index in [0.717, 1.165) is 60.3 Å². The number of fused-ring (bicyclic) bond motifs is 9. The van der Waals surface area contributed by atoms with Gasteiger partial charge in [0.25, 0.3) is 0 Å². The van der Waals surface area contributed by atoms with E-state index in [9.17, 15) is 0 Å². The van der Waals surface area contributed by atoms with Gasteiger partial charge < -0.3 is 0 Å². The zero-order valence-corrected chi connectivity index (χ0v) is 29.8. The largest absolute Gasteiger partial charge is 0.278 e. The van der Waals surface area contributed by atoms with Crippen LogP contribution in [0.25, 0.3) is 94.5 Å². The van der Waals surface area contributed by atoms with Crippen LogP contribution in [0.4, 0.5) is 0 Å². The van der Waals surface area contributed by atoms with Gasteiger partial charge in [0.1, 0.15) is 0 Å². The molecule has 3 heterocycles. The van der Waals surface area contributed by atoms with Gasteiger partial charge in [-0.2, -0.15) is 9.97 Å². The number of aromatic nitrogens is 5. The highest BCUT2D eigenvalue weighted by molar-refractivity contribution is 6.16. The van der Waals surface area contributed by atoms with Crippen LogP contribution in [0, 0.1) is 0 Å². The Labute approximate surface area is 312 Å². The van der Waals surface area contributed by atoms with E-state index in [0.29, 0.717) is 17.6 Å². The number of hydrogen-bond donors (Lipinski definition) is 0. The van der Waals surface area contributed by atoms with E-state index >= 15 is 0 Å². The molecule has 3 aromatic heterocycles. The van der Waals surface area contributed by atoms with Gasteiger partial charge in [0.05, 0.1) is 16.6 Å². The summed E-state index contributed by atoms with van der Waals surface area (Å²) in [4.78, 5) is 20.3. The zero-order chi connectivity index (χ0) is 36.0. The lowest BCUT2D eigenvalue weighted by Gasteiger charge is -2.21. The van der Waals surface area contributed by atoms with Crippen molar-refractivity contribution in [1.82, 2.24) is 24.5 Å². The van der Waals surface area contributed by atoms with Crippen molar-refractivity contribution in [2.45, 2.75) is 19.3 Å². The molecule has 54 heavy (non-hydrogen) atoms. The molecule has 5 heteroatoms. The van der Waals surface area contributed by atoms with Crippen LogP contribution >= 0.6 is 0 Å². The molecule has 254 valence electrons. The SMILES string of the molecule is CC1(C)c2ccccc2-c2cc3c4cc(-c5cccc6ccc7cccnc7c56)ccc4n(-c4nc(-c5ccccc5)nc(-c5ccccc5)n4)c3cc21. The summed E-state index contributed by atoms with van der Waals surface area (Å²) in [6.45, 7) is 4.66. The first-order valence-electron chi connectivity index (χ1n) is 18.4. The molecule has 0 saturated carbocycles. The van der Waals surface area contributed by atoms with E-state index < -0.39 is 0 Å². The van der Waals surface area contributed by atoms with Gasteiger partial charge in [-0.15, -0.1) is 0 Å². The Morgan fingerprint density at radius 3 is 1.91 bits per heavy atom. The minimum Gasteiger partial charge on any atom is -0.278 e. The van der Waals surface area contributed by atoms with Crippen LogP contribution in [0.15, 0.2) is 164 Å². The molecule has 11 rings (SSSR count). The number of rotatable bonds is 4. The van der Waals surface area contributed by atoms with Crippen LogP contribution in [0.2, 0.25) is 0 Å². The molecule has 7 aromatic carbocycles. The molecule has 0 unspecified atom stereocenters. The summed E-state index contributed by atoms with van der Waals surface area (Å²) in [5.74, 6) is 1.86. The maximum atomic E-state index is 5.23. The lowest BCUT2D eigenvalue weighted by molar-refractivity contribution is 0.661. The van der Waals surface area contributed by atoms with Crippen molar-refractivity contribution in [2.75, 3.05) is 0 Å². The second kappa shape index (κ2) is 11.5. The van der Waals surface area contributed by atoms with E-state index in [1.165, 1.54) is 27.6 Å². The first-order chi connectivity index (χ1) is 26.5. The molecule has 0 aliphatic heterocycles. The third-order valence-electron chi connectivity index (χ3n) is 11.3. The Kier molecular flexibility index (Phi) is 6.53. The lowest BCUT2D eigenvalue weighted by atomic mass is 9.82. The van der Waals surface area contributed by atoms with Gasteiger partial charge in [-0.3, -0.25) is 9.55 Å². The first kappa shape index (κ1) is 30.6. The summed E-state index contributed by atoms with van der Waals surface area (Å²) in [7, 11) is 0. The van der Waals surface area contributed by atoms with E-state index in [1.807, 2.05) is 48.7 Å². The third-order valence-corrected chi connectivity index (χ3v) is 11.3. The molecule has 0 N–H and O–H groups in total. The monoisotopic (exact) mass is 691 g/mol. The Bertz CT molecular complexity index is 3070. The molecule has 0 bridgehead atoms. The summed E-state index contributed by atoms with van der Waals surface area (Å²) in [6.07, 6.45) is 1.89. The van der Waals surface area contributed by atoms with Gasteiger partial charge in [0, 0.05) is 44.3 Å². The molecular formula is C49H33N5. The number of nitrogens with zero attached hydrogens (tertiary/aromatic N) is 5. The van der Waals surface area contributed by atoms with Crippen LogP contribution in [0.5, 0.6) is 0 Å². The van der Waals surface area contributed by atoms with Crippen LogP contribution < -0.4 is 0 Å². The van der Waals surface area contributed by atoms with Gasteiger partial charge in [0.15, 0.2) is 11.6 Å². The zero-order valence-electron chi connectivity index (χ0n) is 29.8. The second-order valence-corrected chi connectivity index (χ2v) is 14.7. The van der Waals surface area contributed by atoms with Crippen molar-refractivity contribution in [3.8, 4) is 51.0 Å². The van der Waals surface area contributed by atoms with Crippen LogP contribution in [-0.4, -0.2) is 24.5 Å². The van der Waals surface area contributed by atoms with E-state index in [1.54, 1.807) is 0 Å². The summed E-state index contributed by atoms with van der Waals surface area (Å²) in [5.41, 5.74) is 12.3. The maximum Gasteiger partial charge on any atom is 0.238 e. The van der Waals surface area contributed by atoms with Crippen LogP contribution in [0.3, 0.4) is 0 Å². The van der Waals surface area contributed by atoms with E-state index in [4.69, 9.17) is 19.9 Å². The molecule has 0 saturated heterocycles. The van der Waals surface area contributed by atoms with E-state index in [2.05, 4.69) is 134 Å². The molecule has 1 aliphatic rings. The molecule has 0 spiro atoms. The van der Waals surface area contributed by atoms with E-state index in [-0.39, 0.29) is 5.41 Å². The fourth-order valence-electron chi connectivity index (χ4n) is 8.65. The molecular weight excluding hydrogens is 659 g/mol. The Morgan fingerprint density at radius 2 is 1.13 bits per heavy atom. The average molecular weight is 692 g/mol. The minimum absolute atomic E-state index is 0.174. The van der Waals surface area contributed by atoms with Crippen LogP contribution in [0.1, 0.15) is 25.0 Å². The minimum atomic E-state index is -0.174. The highest BCUT2D eigenvalue weighted by atomic mass is 15.2. The Hall–Kier alpha value is -6.98. The lowest BCUT2D eigenvalue weighted by Crippen LogP contribution is -2.15. The van der Waals surface area contributed by atoms with Crippen LogP contribution in [-0.2, 0) is 5.41 Å². The fourth-order valence-corrected chi connectivity index (χ4v) is 8.65. The Morgan fingerprint density at radius 1 is 0.463 bits per heavy atom. The fraction of sp³-hybridized carbons (Fsp3) is 0.0612. The van der Waals surface area contributed by atoms with Crippen molar-refractivity contribution in [2.24, 2.45) is 0 Å². The topological polar surface area (TPSA) is 56.5 Å². The normalized spacial score (nSPS) is 13.1. The predicted octanol–water partition coefficient (Wildman–Crippen LogP) is 12.0. The highest BCUT2D eigenvalue weighted by Gasteiger charge is 2.36. The first-order valence-corrected chi connectivity index (χ1v) is 18.4. The second-order valence-electron chi connectivity index (χ2n) is 14.7. The summed E-state index contributed by atoms with van der Waals surface area (Å²) >= 11 is 0. The van der Waals surface area contributed by atoms with Crippen molar-refractivity contribution in [3.05, 3.63) is 175 Å². The summed E-state index contributed by atoms with van der Waals surface area (Å²) in [6, 6.07) is 55.8. The van der Waals surface area contributed by atoms with Gasteiger partial charge in [-0.25, -0.2) is 4.98 Å². The van der Waals surface area contributed by atoms with Crippen molar-refractivity contribution in [3.63, 3.8) is 0 Å². The average Bonchev–Trinajstić information content (AvgIpc) is 3.67. The van der Waals surface area contributed by atoms with Gasteiger partial charge in [-0.05, 0) is 69.1 Å². The van der Waals surface area contributed by atoms with Gasteiger partial charge in [-0.1, -0.05) is 141 Å². The molecule has 0 amide bonds. The summed E-state index contributed by atoms with van der Waals surface area (Å²) in [5, 5.41) is 5.76. The van der Waals surface area contributed by atoms with Crippen molar-refractivity contribution >= 4 is 43.5 Å². The maximum absolute atomic E-state index is 5.23. The van der Waals surface area contributed by atoms with Gasteiger partial charge >= 0.3 is 0 Å². The van der Waals surface area contributed by atoms with Gasteiger partial charge in [0.2, 0.25) is 5.95 Å². The molecule has 1 aliphatic carbocycles. The standard InChI is InChI=1S/C49H33N5/c1-49(2)40-21-10-9-19-36(40)37-28-39-38-27-34(35-20-11-17-30-22-23-31-18-12-26-50-45(31)44(30)35)24-25-42(38)54(43(39)29-41(37)49)48-52-46(32-13-5-3-6-14-32)51-47(53-48)33-15-7-4-8-16-33/h3-29H,1-2H3. The highest BCUT2D eigenvalue weighted by Crippen LogP contribution is 2.51. The predicted molar refractivity (Wildman–Crippen MR) is 221 cm³/mol. The number of hydrogen-bond acceptors (Lipinski definition) is 4.